The third-order valence-corrected chi connectivity index (χ3v) is 4.59. The van der Waals surface area contributed by atoms with Gasteiger partial charge in [0, 0.05) is 6.04 Å². The van der Waals surface area contributed by atoms with Gasteiger partial charge in [-0.1, -0.05) is 35.9 Å². The van der Waals surface area contributed by atoms with E-state index in [4.69, 9.17) is 4.74 Å². The molecule has 1 heterocycles. The number of hydrogen-bond donors (Lipinski definition) is 1. The van der Waals surface area contributed by atoms with E-state index in [-0.39, 0.29) is 23.6 Å². The van der Waals surface area contributed by atoms with Crippen molar-refractivity contribution in [3.63, 3.8) is 0 Å². The van der Waals surface area contributed by atoms with Crippen molar-refractivity contribution in [3.05, 3.63) is 64.9 Å². The maximum Gasteiger partial charge on any atom is 0.278 e. The Kier molecular flexibility index (Phi) is 5.04. The summed E-state index contributed by atoms with van der Waals surface area (Å²) in [5.74, 6) is 0.00158. The van der Waals surface area contributed by atoms with Crippen molar-refractivity contribution in [2.75, 3.05) is 12.4 Å². The summed E-state index contributed by atoms with van der Waals surface area (Å²) >= 11 is 0. The molecule has 0 fully saturated rings. The molecule has 0 bridgehead atoms. The minimum Gasteiger partial charge on any atom is -0.495 e. The first kappa shape index (κ1) is 18.7. The highest BCUT2D eigenvalue weighted by atomic mass is 16.5. The Labute approximate surface area is 159 Å². The number of methoxy groups -OCH3 is 1. The molecule has 0 radical (unpaired) electrons. The number of rotatable bonds is 5. The van der Waals surface area contributed by atoms with Crippen molar-refractivity contribution in [1.29, 1.82) is 0 Å². The van der Waals surface area contributed by atoms with E-state index >= 15 is 0 Å². The summed E-state index contributed by atoms with van der Waals surface area (Å²) in [7, 11) is 1.58. The molecular weight excluding hydrogens is 340 g/mol. The Morgan fingerprint density at radius 1 is 0.926 bits per heavy atom. The van der Waals surface area contributed by atoms with Crippen molar-refractivity contribution in [1.82, 2.24) is 4.90 Å². The first-order valence-electron chi connectivity index (χ1n) is 8.94. The van der Waals surface area contributed by atoms with Crippen molar-refractivity contribution < 1.29 is 14.3 Å². The molecule has 2 aromatic rings. The van der Waals surface area contributed by atoms with Crippen LogP contribution in [0.15, 0.2) is 48.2 Å². The summed E-state index contributed by atoms with van der Waals surface area (Å²) in [5.41, 5.74) is 4.15. The number of aryl methyl sites for hydroxylation is 2. The number of amides is 2. The zero-order valence-corrected chi connectivity index (χ0v) is 16.3. The standard InChI is InChI=1S/C22H24N2O3/c1-13(2)24-21(25)19(16-9-6-14(3)7-10-16)20(22(24)26)23-17-12-15(4)8-11-18(17)27-5/h6-13,23H,1-5H3. The van der Waals surface area contributed by atoms with E-state index in [1.54, 1.807) is 7.11 Å². The maximum absolute atomic E-state index is 13.0. The third kappa shape index (κ3) is 3.45. The Morgan fingerprint density at radius 2 is 1.56 bits per heavy atom. The van der Waals surface area contributed by atoms with Crippen LogP contribution in [0.4, 0.5) is 5.69 Å². The number of hydrogen-bond acceptors (Lipinski definition) is 4. The molecule has 1 N–H and O–H groups in total. The van der Waals surface area contributed by atoms with E-state index in [0.29, 0.717) is 17.0 Å². The van der Waals surface area contributed by atoms with E-state index < -0.39 is 0 Å². The molecule has 0 unspecified atom stereocenters. The molecule has 0 aliphatic carbocycles. The number of anilines is 1. The fourth-order valence-corrected chi connectivity index (χ4v) is 3.17. The summed E-state index contributed by atoms with van der Waals surface area (Å²) in [6, 6.07) is 13.0. The predicted molar refractivity (Wildman–Crippen MR) is 106 cm³/mol. The number of ether oxygens (including phenoxy) is 1. The van der Waals surface area contributed by atoms with Gasteiger partial charge in [0.1, 0.15) is 11.4 Å². The minimum absolute atomic E-state index is 0.232. The van der Waals surface area contributed by atoms with E-state index in [2.05, 4.69) is 5.32 Å². The fourth-order valence-electron chi connectivity index (χ4n) is 3.17. The second-order valence-electron chi connectivity index (χ2n) is 7.02. The van der Waals surface area contributed by atoms with Gasteiger partial charge in [0.05, 0.1) is 18.4 Å². The largest absolute Gasteiger partial charge is 0.495 e. The molecular formula is C22H24N2O3. The molecule has 0 saturated carbocycles. The van der Waals surface area contributed by atoms with E-state index in [1.165, 1.54) is 4.90 Å². The minimum atomic E-state index is -0.325. The van der Waals surface area contributed by atoms with Gasteiger partial charge in [0.25, 0.3) is 11.8 Å². The van der Waals surface area contributed by atoms with Gasteiger partial charge in [-0.15, -0.1) is 0 Å². The molecule has 3 rings (SSSR count). The van der Waals surface area contributed by atoms with Crippen molar-refractivity contribution in [3.8, 4) is 5.75 Å². The first-order chi connectivity index (χ1) is 12.8. The van der Waals surface area contributed by atoms with Crippen LogP contribution >= 0.6 is 0 Å². The van der Waals surface area contributed by atoms with E-state index in [0.717, 1.165) is 16.7 Å². The highest BCUT2D eigenvalue weighted by Crippen LogP contribution is 2.34. The molecule has 1 aliphatic rings. The normalized spacial score (nSPS) is 14.4. The average Bonchev–Trinajstić information content (AvgIpc) is 2.86. The number of nitrogens with one attached hydrogen (secondary N) is 1. The molecule has 1 aliphatic heterocycles. The van der Waals surface area contributed by atoms with Crippen LogP contribution in [-0.4, -0.2) is 29.9 Å². The van der Waals surface area contributed by atoms with Gasteiger partial charge in [-0.05, 0) is 51.0 Å². The molecule has 140 valence electrons. The van der Waals surface area contributed by atoms with Crippen LogP contribution < -0.4 is 10.1 Å². The lowest BCUT2D eigenvalue weighted by molar-refractivity contribution is -0.138. The topological polar surface area (TPSA) is 58.6 Å². The zero-order chi connectivity index (χ0) is 19.7. The summed E-state index contributed by atoms with van der Waals surface area (Å²) in [5, 5.41) is 3.17. The smallest absolute Gasteiger partial charge is 0.278 e. The summed E-state index contributed by atoms with van der Waals surface area (Å²) < 4.78 is 5.41. The summed E-state index contributed by atoms with van der Waals surface area (Å²) in [6.45, 7) is 7.61. The molecule has 5 heteroatoms. The van der Waals surface area contributed by atoms with Crippen LogP contribution in [0.5, 0.6) is 5.75 Å². The zero-order valence-electron chi connectivity index (χ0n) is 16.3. The number of carbonyl (C=O) groups excluding carboxylic acids is 2. The SMILES string of the molecule is COc1ccc(C)cc1NC1=C(c2ccc(C)cc2)C(=O)N(C(C)C)C1=O. The molecule has 2 aromatic carbocycles. The van der Waals surface area contributed by atoms with Crippen LogP contribution in [-0.2, 0) is 9.59 Å². The highest BCUT2D eigenvalue weighted by Gasteiger charge is 2.40. The molecule has 2 amide bonds. The van der Waals surface area contributed by atoms with Crippen molar-refractivity contribution in [2.45, 2.75) is 33.7 Å². The molecule has 0 aromatic heterocycles. The number of imide groups is 1. The van der Waals surface area contributed by atoms with Crippen LogP contribution in [0, 0.1) is 13.8 Å². The van der Waals surface area contributed by atoms with Gasteiger partial charge >= 0.3 is 0 Å². The molecule has 5 nitrogen and oxygen atoms in total. The Balaban J connectivity index is 2.14. The van der Waals surface area contributed by atoms with Crippen LogP contribution in [0.3, 0.4) is 0 Å². The predicted octanol–water partition coefficient (Wildman–Crippen LogP) is 3.91. The van der Waals surface area contributed by atoms with Crippen LogP contribution in [0.1, 0.15) is 30.5 Å². The number of carbonyl (C=O) groups is 2. The Morgan fingerprint density at radius 3 is 2.15 bits per heavy atom. The van der Waals surface area contributed by atoms with Gasteiger partial charge in [-0.2, -0.15) is 0 Å². The fraction of sp³-hybridized carbons (Fsp3) is 0.273. The number of nitrogens with zero attached hydrogens (tertiary/aromatic N) is 1. The summed E-state index contributed by atoms with van der Waals surface area (Å²) in [6.07, 6.45) is 0. The lowest BCUT2D eigenvalue weighted by Gasteiger charge is -2.19. The summed E-state index contributed by atoms with van der Waals surface area (Å²) in [4.78, 5) is 27.4. The van der Waals surface area contributed by atoms with E-state index in [9.17, 15) is 9.59 Å². The Bertz CT molecular complexity index is 927. The van der Waals surface area contributed by atoms with Gasteiger partial charge < -0.3 is 10.1 Å². The monoisotopic (exact) mass is 364 g/mol. The molecule has 0 atom stereocenters. The van der Waals surface area contributed by atoms with Gasteiger partial charge in [0.15, 0.2) is 0 Å². The molecule has 27 heavy (non-hydrogen) atoms. The van der Waals surface area contributed by atoms with Crippen LogP contribution in [0.25, 0.3) is 5.57 Å². The lowest BCUT2D eigenvalue weighted by atomic mass is 10.0. The van der Waals surface area contributed by atoms with Crippen LogP contribution in [0.2, 0.25) is 0 Å². The average molecular weight is 364 g/mol. The number of benzene rings is 2. The van der Waals surface area contributed by atoms with Crippen molar-refractivity contribution in [2.24, 2.45) is 0 Å². The first-order valence-corrected chi connectivity index (χ1v) is 8.94. The second-order valence-corrected chi connectivity index (χ2v) is 7.02. The maximum atomic E-state index is 13.0. The third-order valence-electron chi connectivity index (χ3n) is 4.59. The highest BCUT2D eigenvalue weighted by molar-refractivity contribution is 6.36. The Hall–Kier alpha value is -3.08. The van der Waals surface area contributed by atoms with Crippen molar-refractivity contribution >= 4 is 23.1 Å². The van der Waals surface area contributed by atoms with Gasteiger partial charge in [-0.25, -0.2) is 0 Å². The molecule has 0 saturated heterocycles. The second kappa shape index (κ2) is 7.27. The van der Waals surface area contributed by atoms with Gasteiger partial charge in [0.2, 0.25) is 0 Å². The van der Waals surface area contributed by atoms with Gasteiger partial charge in [-0.3, -0.25) is 14.5 Å². The molecule has 0 spiro atoms. The van der Waals surface area contributed by atoms with E-state index in [1.807, 2.05) is 70.2 Å². The lowest BCUT2D eigenvalue weighted by Crippen LogP contribution is -2.38. The quantitative estimate of drug-likeness (QED) is 0.817.